The summed E-state index contributed by atoms with van der Waals surface area (Å²) in [4.78, 5) is 9.80. The molecule has 1 aliphatic carbocycles. The summed E-state index contributed by atoms with van der Waals surface area (Å²) >= 11 is 0. The van der Waals surface area contributed by atoms with Crippen LogP contribution in [0.4, 0.5) is 0 Å². The Morgan fingerprint density at radius 1 is 1.00 bits per heavy atom. The van der Waals surface area contributed by atoms with E-state index < -0.39 is 0 Å². The summed E-state index contributed by atoms with van der Waals surface area (Å²) in [6, 6.07) is 17.7. The number of hydrogen-bond donors (Lipinski definition) is 0. The Hall–Kier alpha value is -1.75. The van der Waals surface area contributed by atoms with Crippen molar-refractivity contribution in [1.82, 2.24) is 14.8 Å². The van der Waals surface area contributed by atoms with Gasteiger partial charge in [0.05, 0.1) is 18.4 Å². The molecule has 3 heterocycles. The van der Waals surface area contributed by atoms with Crippen LogP contribution in [0.3, 0.4) is 0 Å². The Balaban J connectivity index is 1.17. The highest BCUT2D eigenvalue weighted by Gasteiger charge is 2.49. The van der Waals surface area contributed by atoms with Gasteiger partial charge in [-0.05, 0) is 48.3 Å². The molecule has 4 heteroatoms. The molecule has 1 saturated carbocycles. The zero-order valence-electron chi connectivity index (χ0n) is 17.5. The molecule has 1 aromatic carbocycles. The van der Waals surface area contributed by atoms with Gasteiger partial charge in [0.15, 0.2) is 0 Å². The molecule has 2 aromatic rings. The number of benzene rings is 1. The molecule has 0 bridgehead atoms. The van der Waals surface area contributed by atoms with E-state index in [1.165, 1.54) is 43.6 Å². The molecule has 3 aliphatic rings. The fourth-order valence-corrected chi connectivity index (χ4v) is 5.76. The average Bonchev–Trinajstić information content (AvgIpc) is 3.12. The molecule has 0 unspecified atom stereocenters. The number of aromatic nitrogens is 1. The van der Waals surface area contributed by atoms with Crippen LogP contribution in [0.1, 0.15) is 43.5 Å². The van der Waals surface area contributed by atoms with E-state index in [2.05, 4.69) is 64.2 Å². The Morgan fingerprint density at radius 2 is 1.79 bits per heavy atom. The summed E-state index contributed by atoms with van der Waals surface area (Å²) < 4.78 is 6.37. The highest BCUT2D eigenvalue weighted by atomic mass is 16.5. The number of rotatable bonds is 4. The fourth-order valence-electron chi connectivity index (χ4n) is 5.76. The summed E-state index contributed by atoms with van der Waals surface area (Å²) in [7, 11) is 0. The van der Waals surface area contributed by atoms with Crippen LogP contribution < -0.4 is 0 Å². The summed E-state index contributed by atoms with van der Waals surface area (Å²) in [5, 5.41) is 0. The molecule has 4 atom stereocenters. The quantitative estimate of drug-likeness (QED) is 0.783. The molecular weight excluding hydrogens is 358 g/mol. The van der Waals surface area contributed by atoms with Crippen LogP contribution in [-0.2, 0) is 11.3 Å². The third-order valence-electron chi connectivity index (χ3n) is 7.56. The first-order valence-electron chi connectivity index (χ1n) is 11.2. The van der Waals surface area contributed by atoms with Crippen molar-refractivity contribution in [3.63, 3.8) is 0 Å². The highest BCUT2D eigenvalue weighted by molar-refractivity contribution is 5.19. The van der Waals surface area contributed by atoms with Crippen molar-refractivity contribution >= 4 is 0 Å². The van der Waals surface area contributed by atoms with Gasteiger partial charge in [0.1, 0.15) is 0 Å². The van der Waals surface area contributed by atoms with Gasteiger partial charge in [-0.25, -0.2) is 0 Å². The third kappa shape index (κ3) is 4.11. The van der Waals surface area contributed by atoms with Crippen molar-refractivity contribution < 1.29 is 4.74 Å². The lowest BCUT2D eigenvalue weighted by molar-refractivity contribution is -0.0819. The molecule has 1 aromatic heterocycles. The van der Waals surface area contributed by atoms with Crippen LogP contribution in [0, 0.1) is 11.3 Å². The molecule has 4 nitrogen and oxygen atoms in total. The van der Waals surface area contributed by atoms with Gasteiger partial charge in [-0.2, -0.15) is 0 Å². The molecule has 0 spiro atoms. The summed E-state index contributed by atoms with van der Waals surface area (Å²) in [5.74, 6) is 0.776. The van der Waals surface area contributed by atoms with Crippen molar-refractivity contribution in [2.45, 2.75) is 44.9 Å². The van der Waals surface area contributed by atoms with Crippen molar-refractivity contribution in [3.05, 3.63) is 66.0 Å². The SMILES string of the molecule is C[C@@]12CO[C@H](c3ccccc3)C[C@@H]1C[C@@H](N1CCN(Cc3ccccn3)CC1)C2. The van der Waals surface area contributed by atoms with Crippen molar-refractivity contribution in [2.24, 2.45) is 11.3 Å². The number of hydrogen-bond acceptors (Lipinski definition) is 4. The van der Waals surface area contributed by atoms with E-state index in [4.69, 9.17) is 4.74 Å². The molecule has 29 heavy (non-hydrogen) atoms. The van der Waals surface area contributed by atoms with Gasteiger partial charge >= 0.3 is 0 Å². The van der Waals surface area contributed by atoms with E-state index in [1.54, 1.807) is 0 Å². The lowest BCUT2D eigenvalue weighted by atomic mass is 9.75. The summed E-state index contributed by atoms with van der Waals surface area (Å²) in [5.41, 5.74) is 2.88. The van der Waals surface area contributed by atoms with Crippen LogP contribution in [0.5, 0.6) is 0 Å². The normalized spacial score (nSPS) is 33.5. The van der Waals surface area contributed by atoms with Gasteiger partial charge < -0.3 is 4.74 Å². The second-order valence-corrected chi connectivity index (χ2v) is 9.52. The van der Waals surface area contributed by atoms with Gasteiger partial charge in [-0.15, -0.1) is 0 Å². The first kappa shape index (κ1) is 19.2. The zero-order valence-corrected chi connectivity index (χ0v) is 17.5. The Bertz CT molecular complexity index is 790. The molecular formula is C25H33N3O. The topological polar surface area (TPSA) is 28.6 Å². The van der Waals surface area contributed by atoms with Gasteiger partial charge in [-0.3, -0.25) is 14.8 Å². The second kappa shape index (κ2) is 8.17. The summed E-state index contributed by atoms with van der Waals surface area (Å²) in [6.07, 6.45) is 5.99. The van der Waals surface area contributed by atoms with Gasteiger partial charge in [-0.1, -0.05) is 43.3 Å². The summed E-state index contributed by atoms with van der Waals surface area (Å²) in [6.45, 7) is 9.03. The van der Waals surface area contributed by atoms with Crippen molar-refractivity contribution in [1.29, 1.82) is 0 Å². The van der Waals surface area contributed by atoms with Gasteiger partial charge in [0.25, 0.3) is 0 Å². The van der Waals surface area contributed by atoms with E-state index in [-0.39, 0.29) is 6.10 Å². The molecule has 154 valence electrons. The molecule has 0 amide bonds. The van der Waals surface area contributed by atoms with E-state index in [0.29, 0.717) is 5.41 Å². The zero-order chi connectivity index (χ0) is 19.7. The Kier molecular flexibility index (Phi) is 5.42. The minimum absolute atomic E-state index is 0.281. The number of piperazine rings is 1. The van der Waals surface area contributed by atoms with Crippen LogP contribution in [0.15, 0.2) is 54.7 Å². The third-order valence-corrected chi connectivity index (χ3v) is 7.56. The lowest BCUT2D eigenvalue weighted by Crippen LogP contribution is -2.49. The number of fused-ring (bicyclic) bond motifs is 1. The monoisotopic (exact) mass is 391 g/mol. The molecule has 3 fully saturated rings. The highest BCUT2D eigenvalue weighted by Crippen LogP contribution is 2.52. The minimum Gasteiger partial charge on any atom is -0.373 e. The molecule has 5 rings (SSSR count). The second-order valence-electron chi connectivity index (χ2n) is 9.52. The first-order chi connectivity index (χ1) is 14.2. The van der Waals surface area contributed by atoms with Crippen LogP contribution >= 0.6 is 0 Å². The van der Waals surface area contributed by atoms with E-state index in [1.807, 2.05) is 12.3 Å². The van der Waals surface area contributed by atoms with Crippen LogP contribution in [-0.4, -0.2) is 53.6 Å². The van der Waals surface area contributed by atoms with Crippen LogP contribution in [0.25, 0.3) is 0 Å². The van der Waals surface area contributed by atoms with Crippen molar-refractivity contribution in [2.75, 3.05) is 32.8 Å². The van der Waals surface area contributed by atoms with E-state index in [0.717, 1.165) is 38.2 Å². The molecule has 0 N–H and O–H groups in total. The van der Waals surface area contributed by atoms with E-state index in [9.17, 15) is 0 Å². The number of pyridine rings is 1. The first-order valence-corrected chi connectivity index (χ1v) is 11.2. The average molecular weight is 392 g/mol. The number of nitrogens with zero attached hydrogens (tertiary/aromatic N) is 3. The van der Waals surface area contributed by atoms with E-state index >= 15 is 0 Å². The maximum absolute atomic E-state index is 6.37. The number of ether oxygens (including phenoxy) is 1. The molecule has 0 radical (unpaired) electrons. The maximum atomic E-state index is 6.37. The van der Waals surface area contributed by atoms with Crippen molar-refractivity contribution in [3.8, 4) is 0 Å². The molecule has 2 aliphatic heterocycles. The predicted molar refractivity (Wildman–Crippen MR) is 115 cm³/mol. The molecule has 2 saturated heterocycles. The fraction of sp³-hybridized carbons (Fsp3) is 0.560. The maximum Gasteiger partial charge on any atom is 0.0828 e. The Morgan fingerprint density at radius 3 is 2.55 bits per heavy atom. The lowest BCUT2D eigenvalue weighted by Gasteiger charge is -2.40. The minimum atomic E-state index is 0.281. The van der Waals surface area contributed by atoms with Gasteiger partial charge in [0, 0.05) is 45.0 Å². The predicted octanol–water partition coefficient (Wildman–Crippen LogP) is 4.15. The standard InChI is InChI=1S/C25H33N3O/c1-25-17-23(15-21(25)16-24(29-19-25)20-7-3-2-4-8-20)28-13-11-27(12-14-28)18-22-9-5-6-10-26-22/h2-10,21,23-24H,11-19H2,1H3/t21-,23+,24-,25+/m0/s1. The largest absolute Gasteiger partial charge is 0.373 e. The Labute approximate surface area is 174 Å². The van der Waals surface area contributed by atoms with Crippen LogP contribution in [0.2, 0.25) is 0 Å². The van der Waals surface area contributed by atoms with Gasteiger partial charge in [0.2, 0.25) is 0 Å². The smallest absolute Gasteiger partial charge is 0.0828 e.